The largest absolute Gasteiger partial charge is 0.504 e. The van der Waals surface area contributed by atoms with E-state index in [0.717, 1.165) is 5.39 Å². The van der Waals surface area contributed by atoms with E-state index in [1.807, 2.05) is 0 Å². The van der Waals surface area contributed by atoms with Gasteiger partial charge in [-0.2, -0.15) is 0 Å². The number of hydrogen-bond acceptors (Lipinski definition) is 5. The van der Waals surface area contributed by atoms with Crippen LogP contribution in [0.25, 0.3) is 21.9 Å². The van der Waals surface area contributed by atoms with Crippen LogP contribution in [-0.4, -0.2) is 30.3 Å². The van der Waals surface area contributed by atoms with Gasteiger partial charge >= 0.3 is 0 Å². The summed E-state index contributed by atoms with van der Waals surface area (Å²) in [5.74, 6) is -0.0734. The Balaban J connectivity index is 2.39. The van der Waals surface area contributed by atoms with E-state index in [9.17, 15) is 15.0 Å². The van der Waals surface area contributed by atoms with Gasteiger partial charge in [-0.25, -0.2) is 0 Å². The molecule has 4 N–H and O–H groups in total. The maximum atomic E-state index is 11.9. The van der Waals surface area contributed by atoms with Gasteiger partial charge in [0.1, 0.15) is 0 Å². The molecule has 0 bridgehead atoms. The van der Waals surface area contributed by atoms with Crippen molar-refractivity contribution in [3.63, 3.8) is 0 Å². The Labute approximate surface area is 144 Å². The number of carbonyl (C=O) groups is 1. The van der Waals surface area contributed by atoms with Crippen LogP contribution < -0.4 is 15.2 Å². The Kier molecular flexibility index (Phi) is 4.10. The molecule has 0 fully saturated rings. The fourth-order valence-electron chi connectivity index (χ4n) is 2.85. The number of rotatable bonds is 4. The standard InChI is InChI=1S/C19H17NO5/c1-24-16-8-11(4-6-14(16)21)18-12(19(20)23)5-3-10-7-17(25-2)15(22)9-13(10)18/h3-9,21-22H,1-2H3,(H2,20,23). The van der Waals surface area contributed by atoms with E-state index in [1.165, 1.54) is 26.4 Å². The molecule has 3 aromatic rings. The molecule has 0 spiro atoms. The number of benzene rings is 3. The number of carbonyl (C=O) groups excluding carboxylic acids is 1. The van der Waals surface area contributed by atoms with Crippen LogP contribution in [0.4, 0.5) is 0 Å². The summed E-state index contributed by atoms with van der Waals surface area (Å²) >= 11 is 0. The first kappa shape index (κ1) is 16.4. The third kappa shape index (κ3) is 2.78. The van der Waals surface area contributed by atoms with E-state index in [1.54, 1.807) is 30.3 Å². The Bertz CT molecular complexity index is 981. The molecule has 6 nitrogen and oxygen atoms in total. The fourth-order valence-corrected chi connectivity index (χ4v) is 2.85. The number of hydrogen-bond donors (Lipinski definition) is 3. The number of phenols is 2. The number of phenolic OH excluding ortho intramolecular Hbond substituents is 2. The smallest absolute Gasteiger partial charge is 0.249 e. The minimum absolute atomic E-state index is 0.0170. The first-order valence-corrected chi connectivity index (χ1v) is 7.47. The summed E-state index contributed by atoms with van der Waals surface area (Å²) in [5, 5.41) is 21.4. The molecule has 0 heterocycles. The monoisotopic (exact) mass is 339 g/mol. The molecule has 0 aliphatic carbocycles. The molecule has 0 unspecified atom stereocenters. The fraction of sp³-hybridized carbons (Fsp3) is 0.105. The second-order valence-electron chi connectivity index (χ2n) is 5.48. The van der Waals surface area contributed by atoms with Gasteiger partial charge < -0.3 is 25.4 Å². The van der Waals surface area contributed by atoms with Crippen molar-refractivity contribution in [1.29, 1.82) is 0 Å². The minimum atomic E-state index is -0.598. The highest BCUT2D eigenvalue weighted by Gasteiger charge is 2.17. The molecule has 0 saturated heterocycles. The second-order valence-corrected chi connectivity index (χ2v) is 5.48. The molecule has 1 amide bonds. The third-order valence-corrected chi connectivity index (χ3v) is 4.05. The van der Waals surface area contributed by atoms with Gasteiger partial charge in [0.05, 0.1) is 14.2 Å². The van der Waals surface area contributed by atoms with Crippen molar-refractivity contribution in [2.24, 2.45) is 5.73 Å². The van der Waals surface area contributed by atoms with Crippen molar-refractivity contribution in [3.05, 3.63) is 48.0 Å². The van der Waals surface area contributed by atoms with Crippen molar-refractivity contribution in [1.82, 2.24) is 0 Å². The normalized spacial score (nSPS) is 10.6. The summed E-state index contributed by atoms with van der Waals surface area (Å²) in [6, 6.07) is 11.3. The van der Waals surface area contributed by atoms with Gasteiger partial charge in [-0.15, -0.1) is 0 Å². The second kappa shape index (κ2) is 6.24. The minimum Gasteiger partial charge on any atom is -0.504 e. The lowest BCUT2D eigenvalue weighted by Crippen LogP contribution is -2.12. The average Bonchev–Trinajstić information content (AvgIpc) is 2.60. The maximum Gasteiger partial charge on any atom is 0.249 e. The Morgan fingerprint density at radius 2 is 1.60 bits per heavy atom. The van der Waals surface area contributed by atoms with E-state index in [0.29, 0.717) is 27.8 Å². The number of ether oxygens (including phenoxy) is 2. The van der Waals surface area contributed by atoms with Crippen LogP contribution in [0, 0.1) is 0 Å². The number of amides is 1. The molecular formula is C19H17NO5. The highest BCUT2D eigenvalue weighted by molar-refractivity contribution is 6.10. The van der Waals surface area contributed by atoms with Crippen LogP contribution in [0.1, 0.15) is 10.4 Å². The van der Waals surface area contributed by atoms with E-state index >= 15 is 0 Å². The summed E-state index contributed by atoms with van der Waals surface area (Å²) in [4.78, 5) is 11.9. The van der Waals surface area contributed by atoms with E-state index in [2.05, 4.69) is 0 Å². The van der Waals surface area contributed by atoms with Gasteiger partial charge in [0.2, 0.25) is 5.91 Å². The molecule has 0 radical (unpaired) electrons. The lowest BCUT2D eigenvalue weighted by atomic mass is 9.92. The summed E-state index contributed by atoms with van der Waals surface area (Å²) in [7, 11) is 2.90. The molecule has 128 valence electrons. The van der Waals surface area contributed by atoms with Crippen LogP contribution >= 0.6 is 0 Å². The third-order valence-electron chi connectivity index (χ3n) is 4.05. The summed E-state index contributed by atoms with van der Waals surface area (Å²) in [5.41, 5.74) is 6.99. The molecule has 0 saturated carbocycles. The van der Waals surface area contributed by atoms with Crippen LogP contribution in [0.15, 0.2) is 42.5 Å². The van der Waals surface area contributed by atoms with Gasteiger partial charge in [-0.1, -0.05) is 12.1 Å². The first-order chi connectivity index (χ1) is 12.0. The van der Waals surface area contributed by atoms with Gasteiger partial charge in [-0.3, -0.25) is 4.79 Å². The average molecular weight is 339 g/mol. The van der Waals surface area contributed by atoms with Crippen LogP contribution in [0.5, 0.6) is 23.0 Å². The van der Waals surface area contributed by atoms with E-state index in [4.69, 9.17) is 15.2 Å². The van der Waals surface area contributed by atoms with Crippen molar-refractivity contribution in [3.8, 4) is 34.1 Å². The predicted molar refractivity (Wildman–Crippen MR) is 94.3 cm³/mol. The Morgan fingerprint density at radius 1 is 0.920 bits per heavy atom. The molecule has 0 aliphatic heterocycles. The number of nitrogens with two attached hydrogens (primary N) is 1. The molecule has 0 aliphatic rings. The maximum absolute atomic E-state index is 11.9. The van der Waals surface area contributed by atoms with Gasteiger partial charge in [0, 0.05) is 11.1 Å². The number of primary amides is 1. The lowest BCUT2D eigenvalue weighted by Gasteiger charge is -2.14. The van der Waals surface area contributed by atoms with E-state index in [-0.39, 0.29) is 17.2 Å². The van der Waals surface area contributed by atoms with Gasteiger partial charge in [-0.05, 0) is 46.7 Å². The zero-order valence-electron chi connectivity index (χ0n) is 13.7. The number of methoxy groups -OCH3 is 2. The van der Waals surface area contributed by atoms with Crippen molar-refractivity contribution in [2.75, 3.05) is 14.2 Å². The van der Waals surface area contributed by atoms with Crippen LogP contribution in [0.3, 0.4) is 0 Å². The topological polar surface area (TPSA) is 102 Å². The quantitative estimate of drug-likeness (QED) is 0.678. The Morgan fingerprint density at radius 3 is 2.24 bits per heavy atom. The summed E-state index contributed by atoms with van der Waals surface area (Å²) < 4.78 is 10.3. The van der Waals surface area contributed by atoms with Crippen LogP contribution in [-0.2, 0) is 0 Å². The number of fused-ring (bicyclic) bond motifs is 1. The van der Waals surface area contributed by atoms with Gasteiger partial charge in [0.25, 0.3) is 0 Å². The highest BCUT2D eigenvalue weighted by Crippen LogP contribution is 2.40. The zero-order valence-corrected chi connectivity index (χ0v) is 13.7. The van der Waals surface area contributed by atoms with Crippen molar-refractivity contribution >= 4 is 16.7 Å². The van der Waals surface area contributed by atoms with Crippen molar-refractivity contribution < 1.29 is 24.5 Å². The van der Waals surface area contributed by atoms with Crippen molar-refractivity contribution in [2.45, 2.75) is 0 Å². The number of aromatic hydroxyl groups is 2. The summed E-state index contributed by atoms with van der Waals surface area (Å²) in [6.07, 6.45) is 0. The predicted octanol–water partition coefficient (Wildman–Crippen LogP) is 3.03. The highest BCUT2D eigenvalue weighted by atomic mass is 16.5. The molecule has 3 aromatic carbocycles. The lowest BCUT2D eigenvalue weighted by molar-refractivity contribution is 0.100. The SMILES string of the molecule is COc1cc(-c2c(C(N)=O)ccc3cc(OC)c(O)cc23)ccc1O. The summed E-state index contributed by atoms with van der Waals surface area (Å²) in [6.45, 7) is 0. The molecule has 0 aromatic heterocycles. The van der Waals surface area contributed by atoms with Gasteiger partial charge in [0.15, 0.2) is 23.0 Å². The van der Waals surface area contributed by atoms with E-state index < -0.39 is 5.91 Å². The molecule has 0 atom stereocenters. The Hall–Kier alpha value is -3.41. The van der Waals surface area contributed by atoms with Crippen LogP contribution in [0.2, 0.25) is 0 Å². The molecule has 6 heteroatoms. The first-order valence-electron chi connectivity index (χ1n) is 7.47. The molecular weight excluding hydrogens is 322 g/mol. The molecule has 3 rings (SSSR count). The zero-order chi connectivity index (χ0) is 18.1. The molecule has 25 heavy (non-hydrogen) atoms.